The lowest BCUT2D eigenvalue weighted by molar-refractivity contribution is -0.113. The summed E-state index contributed by atoms with van der Waals surface area (Å²) in [6.45, 7) is 0. The van der Waals surface area contributed by atoms with Crippen LogP contribution in [0.2, 0.25) is 0 Å². The first-order valence-corrected chi connectivity index (χ1v) is 8.66. The summed E-state index contributed by atoms with van der Waals surface area (Å²) in [6.07, 6.45) is 0. The van der Waals surface area contributed by atoms with Crippen LogP contribution in [0.25, 0.3) is 10.2 Å². The Kier molecular flexibility index (Phi) is 4.69. The van der Waals surface area contributed by atoms with E-state index in [1.165, 1.54) is 18.2 Å². The van der Waals surface area contributed by atoms with E-state index in [0.717, 1.165) is 23.1 Å². The largest absolute Gasteiger partial charge is 0.326 e. The van der Waals surface area contributed by atoms with Gasteiger partial charge in [0.05, 0.1) is 21.2 Å². The molecule has 2 aromatic heterocycles. The van der Waals surface area contributed by atoms with Crippen molar-refractivity contribution in [2.75, 3.05) is 11.1 Å². The van der Waals surface area contributed by atoms with Gasteiger partial charge in [-0.15, -0.1) is 23.1 Å². The zero-order valence-corrected chi connectivity index (χ0v) is 14.0. The minimum atomic E-state index is -0.708. The van der Waals surface area contributed by atoms with Crippen molar-refractivity contribution in [3.05, 3.63) is 56.5 Å². The third-order valence-corrected chi connectivity index (χ3v) is 5.60. The number of benzene rings is 1. The Morgan fingerprint density at radius 3 is 2.80 bits per heavy atom. The molecule has 25 heavy (non-hydrogen) atoms. The Balaban J connectivity index is 1.82. The molecule has 0 atom stereocenters. The van der Waals surface area contributed by atoms with E-state index in [4.69, 9.17) is 0 Å². The maximum absolute atomic E-state index is 13.5. The molecule has 0 saturated heterocycles. The van der Waals surface area contributed by atoms with Gasteiger partial charge < -0.3 is 10.3 Å². The molecule has 3 aromatic rings. The van der Waals surface area contributed by atoms with Crippen molar-refractivity contribution in [2.45, 2.75) is 4.21 Å². The highest BCUT2D eigenvalue weighted by molar-refractivity contribution is 8.02. The second-order valence-corrected chi connectivity index (χ2v) is 7.07. The van der Waals surface area contributed by atoms with Crippen LogP contribution >= 0.6 is 23.1 Å². The summed E-state index contributed by atoms with van der Waals surface area (Å²) in [5.74, 6) is -1.10. The van der Waals surface area contributed by atoms with Crippen molar-refractivity contribution < 1.29 is 9.18 Å². The second-order valence-electron chi connectivity index (χ2n) is 4.81. The number of hydrogen-bond acceptors (Lipinski definition) is 6. The number of aromatic nitrogens is 2. The van der Waals surface area contributed by atoms with Crippen LogP contribution in [-0.4, -0.2) is 21.6 Å². The Labute approximate surface area is 147 Å². The van der Waals surface area contributed by atoms with E-state index in [9.17, 15) is 24.0 Å². The molecule has 126 valence electrons. The zero-order chi connectivity index (χ0) is 18.0. The normalized spacial score (nSPS) is 10.6. The number of anilines is 1. The molecule has 7 nitrogen and oxygen atoms in total. The van der Waals surface area contributed by atoms with E-state index >= 15 is 0 Å². The summed E-state index contributed by atoms with van der Waals surface area (Å²) in [5.41, 5.74) is -0.959. The van der Waals surface area contributed by atoms with Crippen molar-refractivity contribution >= 4 is 44.9 Å². The maximum Gasteiger partial charge on any atom is 0.326 e. The molecule has 0 bridgehead atoms. The molecular weight excluding hydrogens is 367 g/mol. The number of nitrogens with one attached hydrogen (secondary N) is 3. The standard InChI is InChI=1S/C15H9FN4O3S2/c16-8-3-1-2-4-9(8)18-10(21)6-24-14-7(5-17)11-12(25-14)13(22)20-15(23)19-11/h1-4H,6H2,(H,18,21)(H2,19,20,22,23). The Hall–Kier alpha value is -2.90. The lowest BCUT2D eigenvalue weighted by atomic mass is 10.3. The summed E-state index contributed by atoms with van der Waals surface area (Å²) in [6, 6.07) is 7.69. The van der Waals surface area contributed by atoms with E-state index < -0.39 is 23.0 Å². The number of hydrogen-bond donors (Lipinski definition) is 3. The average molecular weight is 376 g/mol. The summed E-state index contributed by atoms with van der Waals surface area (Å²) in [7, 11) is 0. The molecule has 3 rings (SSSR count). The number of carbonyl (C=O) groups is 1. The van der Waals surface area contributed by atoms with Gasteiger partial charge in [0, 0.05) is 0 Å². The summed E-state index contributed by atoms with van der Waals surface area (Å²) < 4.78 is 14.1. The molecule has 0 radical (unpaired) electrons. The van der Waals surface area contributed by atoms with Crippen molar-refractivity contribution in [3.63, 3.8) is 0 Å². The van der Waals surface area contributed by atoms with E-state index in [1.807, 2.05) is 6.07 Å². The lowest BCUT2D eigenvalue weighted by Gasteiger charge is -2.05. The number of thiophene rings is 1. The fourth-order valence-corrected chi connectivity index (χ4v) is 4.20. The molecule has 0 unspecified atom stereocenters. The van der Waals surface area contributed by atoms with Gasteiger partial charge in [-0.3, -0.25) is 14.6 Å². The molecule has 3 N–H and O–H groups in total. The van der Waals surface area contributed by atoms with Crippen LogP contribution in [0.15, 0.2) is 38.1 Å². The van der Waals surface area contributed by atoms with Gasteiger partial charge in [0.1, 0.15) is 22.1 Å². The molecule has 0 aliphatic carbocycles. The second kappa shape index (κ2) is 6.92. The van der Waals surface area contributed by atoms with Gasteiger partial charge in [-0.1, -0.05) is 12.1 Å². The van der Waals surface area contributed by atoms with Gasteiger partial charge in [-0.05, 0) is 12.1 Å². The fraction of sp³-hybridized carbons (Fsp3) is 0.0667. The highest BCUT2D eigenvalue weighted by atomic mass is 32.2. The summed E-state index contributed by atoms with van der Waals surface area (Å²) in [5, 5.41) is 11.7. The van der Waals surface area contributed by atoms with Gasteiger partial charge in [0.25, 0.3) is 5.56 Å². The first-order valence-electron chi connectivity index (χ1n) is 6.86. The van der Waals surface area contributed by atoms with E-state index in [0.29, 0.717) is 4.21 Å². The maximum atomic E-state index is 13.5. The predicted molar refractivity (Wildman–Crippen MR) is 93.5 cm³/mol. The molecule has 0 aliphatic rings. The van der Waals surface area contributed by atoms with Crippen molar-refractivity contribution in [2.24, 2.45) is 0 Å². The van der Waals surface area contributed by atoms with Crippen LogP contribution in [0, 0.1) is 17.1 Å². The number of thioether (sulfide) groups is 1. The van der Waals surface area contributed by atoms with Gasteiger partial charge in [0.2, 0.25) is 5.91 Å². The molecule has 0 saturated carbocycles. The molecule has 10 heteroatoms. The van der Waals surface area contributed by atoms with Crippen LogP contribution in [0.4, 0.5) is 10.1 Å². The smallest absolute Gasteiger partial charge is 0.323 e. The minimum absolute atomic E-state index is 0.0609. The van der Waals surface area contributed by atoms with E-state index in [2.05, 4.69) is 15.3 Å². The van der Waals surface area contributed by atoms with Crippen LogP contribution < -0.4 is 16.6 Å². The number of para-hydroxylation sites is 1. The topological polar surface area (TPSA) is 119 Å². The third-order valence-electron chi connectivity index (χ3n) is 3.14. The molecule has 0 aliphatic heterocycles. The van der Waals surface area contributed by atoms with Crippen LogP contribution in [-0.2, 0) is 4.79 Å². The van der Waals surface area contributed by atoms with Crippen LogP contribution in [0.1, 0.15) is 5.56 Å². The molecule has 2 heterocycles. The molecule has 0 spiro atoms. The number of nitrogens with zero attached hydrogens (tertiary/aromatic N) is 1. The molecule has 1 amide bonds. The lowest BCUT2D eigenvalue weighted by Crippen LogP contribution is -2.20. The highest BCUT2D eigenvalue weighted by Crippen LogP contribution is 2.34. The van der Waals surface area contributed by atoms with Crippen molar-refractivity contribution in [1.29, 1.82) is 5.26 Å². The number of fused-ring (bicyclic) bond motifs is 1. The van der Waals surface area contributed by atoms with E-state index in [1.54, 1.807) is 6.07 Å². The predicted octanol–water partition coefficient (Wildman–Crippen LogP) is 2.02. The van der Waals surface area contributed by atoms with Crippen LogP contribution in [0.5, 0.6) is 0 Å². The number of carbonyl (C=O) groups excluding carboxylic acids is 1. The molecule has 0 fully saturated rings. The Morgan fingerprint density at radius 1 is 1.32 bits per heavy atom. The van der Waals surface area contributed by atoms with Crippen LogP contribution in [0.3, 0.4) is 0 Å². The zero-order valence-electron chi connectivity index (χ0n) is 12.4. The Morgan fingerprint density at radius 2 is 2.08 bits per heavy atom. The fourth-order valence-electron chi connectivity index (χ4n) is 2.08. The van der Waals surface area contributed by atoms with Gasteiger partial charge >= 0.3 is 5.69 Å². The number of nitriles is 1. The summed E-state index contributed by atoms with van der Waals surface area (Å²) >= 11 is 2.04. The minimum Gasteiger partial charge on any atom is -0.323 e. The SMILES string of the molecule is N#Cc1c(SCC(=O)Nc2ccccc2F)sc2c(=O)[nH]c(=O)[nH]c12. The number of amides is 1. The monoisotopic (exact) mass is 376 g/mol. The molecular formula is C15H9FN4O3S2. The first-order chi connectivity index (χ1) is 12.0. The highest BCUT2D eigenvalue weighted by Gasteiger charge is 2.17. The van der Waals surface area contributed by atoms with Crippen molar-refractivity contribution in [1.82, 2.24) is 9.97 Å². The quantitative estimate of drug-likeness (QED) is 0.602. The number of halogens is 1. The van der Waals surface area contributed by atoms with Gasteiger partial charge in [0.15, 0.2) is 0 Å². The molecule has 1 aromatic carbocycles. The van der Waals surface area contributed by atoms with Crippen molar-refractivity contribution in [3.8, 4) is 6.07 Å². The van der Waals surface area contributed by atoms with E-state index in [-0.39, 0.29) is 27.2 Å². The van der Waals surface area contributed by atoms with Gasteiger partial charge in [-0.25, -0.2) is 9.18 Å². The first kappa shape index (κ1) is 16.9. The third kappa shape index (κ3) is 3.47. The van der Waals surface area contributed by atoms with Gasteiger partial charge in [-0.2, -0.15) is 5.26 Å². The summed E-state index contributed by atoms with van der Waals surface area (Å²) in [4.78, 5) is 39.6. The number of H-pyrrole nitrogens is 2. The number of aromatic amines is 2. The Bertz CT molecular complexity index is 1130. The average Bonchev–Trinajstić information content (AvgIpc) is 2.93. The number of rotatable bonds is 4.